The summed E-state index contributed by atoms with van der Waals surface area (Å²) in [6, 6.07) is 5.29. The number of hydrogen-bond acceptors (Lipinski definition) is 3. The van der Waals surface area contributed by atoms with E-state index < -0.39 is 0 Å². The highest BCUT2D eigenvalue weighted by atomic mass is 19.1. The van der Waals surface area contributed by atoms with Crippen molar-refractivity contribution in [1.82, 2.24) is 20.5 Å². The van der Waals surface area contributed by atoms with Gasteiger partial charge in [-0.2, -0.15) is 0 Å². The first-order valence-electron chi connectivity index (χ1n) is 10.1. The van der Waals surface area contributed by atoms with E-state index in [1.54, 1.807) is 19.2 Å². The second-order valence-electron chi connectivity index (χ2n) is 7.59. The van der Waals surface area contributed by atoms with Crippen LogP contribution < -0.4 is 10.6 Å². The summed E-state index contributed by atoms with van der Waals surface area (Å²) in [5, 5.41) is 7.78. The van der Waals surface area contributed by atoms with E-state index in [9.17, 15) is 4.39 Å². The fourth-order valence-electron chi connectivity index (χ4n) is 3.79. The van der Waals surface area contributed by atoms with Gasteiger partial charge in [0.25, 0.3) is 0 Å². The van der Waals surface area contributed by atoms with Gasteiger partial charge in [0, 0.05) is 56.4 Å². The van der Waals surface area contributed by atoms with E-state index in [1.165, 1.54) is 6.07 Å². The Kier molecular flexibility index (Phi) is 7.28. The van der Waals surface area contributed by atoms with Gasteiger partial charge in [-0.05, 0) is 36.1 Å². The van der Waals surface area contributed by atoms with E-state index in [1.807, 2.05) is 6.20 Å². The van der Waals surface area contributed by atoms with Crippen LogP contribution in [-0.4, -0.2) is 68.3 Å². The zero-order valence-corrected chi connectivity index (χ0v) is 17.1. The maximum Gasteiger partial charge on any atom is 0.191 e. The summed E-state index contributed by atoms with van der Waals surface area (Å²) in [5.74, 6) is 1.14. The first-order valence-corrected chi connectivity index (χ1v) is 10.1. The topological polar surface area (TPSA) is 64.7 Å². The Morgan fingerprint density at radius 1 is 1.29 bits per heavy atom. The first-order chi connectivity index (χ1) is 13.6. The van der Waals surface area contributed by atoms with Crippen LogP contribution >= 0.6 is 0 Å². The first kappa shape index (κ1) is 20.6. The number of nitrogens with one attached hydrogen (secondary N) is 3. The molecule has 2 aromatic rings. The lowest BCUT2D eigenvalue weighted by atomic mass is 10.0. The molecule has 1 atom stereocenters. The van der Waals surface area contributed by atoms with Crippen molar-refractivity contribution in [2.75, 3.05) is 46.4 Å². The van der Waals surface area contributed by atoms with Crippen LogP contribution in [-0.2, 0) is 11.2 Å². The monoisotopic (exact) mass is 389 g/mol. The molecule has 0 radical (unpaired) electrons. The van der Waals surface area contributed by atoms with E-state index in [-0.39, 0.29) is 5.82 Å². The number of guanidine groups is 1. The summed E-state index contributed by atoms with van der Waals surface area (Å²) in [4.78, 5) is 10.0. The van der Waals surface area contributed by atoms with Crippen LogP contribution in [0.15, 0.2) is 29.4 Å². The summed E-state index contributed by atoms with van der Waals surface area (Å²) in [6.45, 7) is 9.66. The van der Waals surface area contributed by atoms with Crippen molar-refractivity contribution in [1.29, 1.82) is 0 Å². The average molecular weight is 390 g/mol. The predicted molar refractivity (Wildman–Crippen MR) is 112 cm³/mol. The zero-order chi connectivity index (χ0) is 19.9. The van der Waals surface area contributed by atoms with Gasteiger partial charge in [-0.3, -0.25) is 9.89 Å². The van der Waals surface area contributed by atoms with E-state index in [2.05, 4.69) is 39.4 Å². The predicted octanol–water partition coefficient (Wildman–Crippen LogP) is 2.37. The number of morpholine rings is 1. The minimum absolute atomic E-state index is 0.207. The van der Waals surface area contributed by atoms with Gasteiger partial charge in [0.15, 0.2) is 5.96 Å². The Morgan fingerprint density at radius 3 is 2.79 bits per heavy atom. The quantitative estimate of drug-likeness (QED) is 0.503. The number of aromatic amines is 1. The third-order valence-corrected chi connectivity index (χ3v) is 5.40. The number of ether oxygens (including phenoxy) is 1. The fraction of sp³-hybridized carbons (Fsp3) is 0.571. The fourth-order valence-corrected chi connectivity index (χ4v) is 3.79. The maximum absolute atomic E-state index is 13.5. The molecule has 2 heterocycles. The number of benzene rings is 1. The standard InChI is InChI=1S/C21H32FN5O/c1-15(2)20(27-8-10-28-11-9-27)14-26-21(23-3)24-7-6-16-13-25-19-5-4-17(22)12-18(16)19/h4-5,12-13,15,20,25H,6-11,14H2,1-3H3,(H2,23,24,26). The van der Waals surface area contributed by atoms with Crippen molar-refractivity contribution in [2.24, 2.45) is 10.9 Å². The minimum atomic E-state index is -0.207. The molecule has 3 rings (SSSR count). The van der Waals surface area contributed by atoms with Crippen molar-refractivity contribution < 1.29 is 9.13 Å². The van der Waals surface area contributed by atoms with Crippen molar-refractivity contribution in [3.05, 3.63) is 35.8 Å². The highest BCUT2D eigenvalue weighted by Crippen LogP contribution is 2.19. The van der Waals surface area contributed by atoms with E-state index >= 15 is 0 Å². The van der Waals surface area contributed by atoms with Gasteiger partial charge in [0.2, 0.25) is 0 Å². The van der Waals surface area contributed by atoms with Crippen molar-refractivity contribution in [2.45, 2.75) is 26.3 Å². The molecule has 0 amide bonds. The molecule has 0 spiro atoms. The van der Waals surface area contributed by atoms with Gasteiger partial charge in [0.05, 0.1) is 13.2 Å². The molecule has 28 heavy (non-hydrogen) atoms. The normalized spacial score (nSPS) is 17.2. The van der Waals surface area contributed by atoms with Crippen molar-refractivity contribution in [3.63, 3.8) is 0 Å². The van der Waals surface area contributed by atoms with Gasteiger partial charge < -0.3 is 20.4 Å². The molecule has 1 saturated heterocycles. The number of aliphatic imine (C=N–C) groups is 1. The molecule has 7 heteroatoms. The maximum atomic E-state index is 13.5. The molecule has 1 fully saturated rings. The molecule has 1 aromatic heterocycles. The van der Waals surface area contributed by atoms with Gasteiger partial charge in [-0.15, -0.1) is 0 Å². The van der Waals surface area contributed by atoms with Crippen LogP contribution in [0.3, 0.4) is 0 Å². The number of H-pyrrole nitrogens is 1. The Morgan fingerprint density at radius 2 is 2.07 bits per heavy atom. The molecule has 0 saturated carbocycles. The second-order valence-corrected chi connectivity index (χ2v) is 7.59. The van der Waals surface area contributed by atoms with Crippen molar-refractivity contribution in [3.8, 4) is 0 Å². The van der Waals surface area contributed by atoms with Crippen LogP contribution in [0.1, 0.15) is 19.4 Å². The summed E-state index contributed by atoms with van der Waals surface area (Å²) < 4.78 is 19.0. The summed E-state index contributed by atoms with van der Waals surface area (Å²) in [7, 11) is 1.79. The Labute approximate surface area is 166 Å². The molecule has 1 aliphatic rings. The van der Waals surface area contributed by atoms with Crippen LogP contribution in [0.4, 0.5) is 4.39 Å². The van der Waals surface area contributed by atoms with Crippen LogP contribution in [0.25, 0.3) is 10.9 Å². The Hall–Kier alpha value is -2.12. The molecule has 1 aromatic carbocycles. The molecule has 3 N–H and O–H groups in total. The van der Waals surface area contributed by atoms with Crippen LogP contribution in [0.5, 0.6) is 0 Å². The zero-order valence-electron chi connectivity index (χ0n) is 17.1. The highest BCUT2D eigenvalue weighted by molar-refractivity contribution is 5.83. The number of halogens is 1. The number of aromatic nitrogens is 1. The summed E-state index contributed by atoms with van der Waals surface area (Å²) in [5.41, 5.74) is 2.06. The molecule has 1 aliphatic heterocycles. The lowest BCUT2D eigenvalue weighted by molar-refractivity contribution is 0.00752. The van der Waals surface area contributed by atoms with Crippen LogP contribution in [0.2, 0.25) is 0 Å². The molecular weight excluding hydrogens is 357 g/mol. The van der Waals surface area contributed by atoms with Gasteiger partial charge in [0.1, 0.15) is 5.82 Å². The van der Waals surface area contributed by atoms with Gasteiger partial charge in [-0.25, -0.2) is 4.39 Å². The Balaban J connectivity index is 1.50. The number of hydrogen-bond donors (Lipinski definition) is 3. The summed E-state index contributed by atoms with van der Waals surface area (Å²) in [6.07, 6.45) is 2.75. The number of rotatable bonds is 7. The Bertz CT molecular complexity index is 782. The van der Waals surface area contributed by atoms with E-state index in [0.717, 1.165) is 68.2 Å². The average Bonchev–Trinajstić information content (AvgIpc) is 3.09. The number of fused-ring (bicyclic) bond motifs is 1. The molecular formula is C21H32FN5O. The van der Waals surface area contributed by atoms with E-state index in [0.29, 0.717) is 12.0 Å². The smallest absolute Gasteiger partial charge is 0.191 e. The van der Waals surface area contributed by atoms with E-state index in [4.69, 9.17) is 4.74 Å². The third kappa shape index (κ3) is 5.23. The molecule has 0 bridgehead atoms. The number of nitrogens with zero attached hydrogens (tertiary/aromatic N) is 2. The van der Waals surface area contributed by atoms with Crippen LogP contribution in [0, 0.1) is 11.7 Å². The minimum Gasteiger partial charge on any atom is -0.379 e. The highest BCUT2D eigenvalue weighted by Gasteiger charge is 2.23. The lowest BCUT2D eigenvalue weighted by Gasteiger charge is -2.37. The molecule has 0 aliphatic carbocycles. The summed E-state index contributed by atoms with van der Waals surface area (Å²) >= 11 is 0. The van der Waals surface area contributed by atoms with Gasteiger partial charge >= 0.3 is 0 Å². The van der Waals surface area contributed by atoms with Crippen molar-refractivity contribution >= 4 is 16.9 Å². The second kappa shape index (κ2) is 9.89. The largest absolute Gasteiger partial charge is 0.379 e. The molecule has 6 nitrogen and oxygen atoms in total. The van der Waals surface area contributed by atoms with Gasteiger partial charge in [-0.1, -0.05) is 13.8 Å². The lowest BCUT2D eigenvalue weighted by Crippen LogP contribution is -2.52. The molecule has 1 unspecified atom stereocenters. The molecule has 154 valence electrons. The SMILES string of the molecule is CN=C(NCCc1c[nH]c2ccc(F)cc12)NCC(C(C)C)N1CCOCC1. The third-order valence-electron chi connectivity index (χ3n) is 5.40.